The van der Waals surface area contributed by atoms with Crippen LogP contribution in [0.5, 0.6) is 17.2 Å². The number of aromatic nitrogens is 2. The van der Waals surface area contributed by atoms with Gasteiger partial charge in [-0.3, -0.25) is 4.79 Å². The van der Waals surface area contributed by atoms with E-state index in [1.54, 1.807) is 56.7 Å². The molecule has 32 heavy (non-hydrogen) atoms. The molecule has 4 aromatic rings. The summed E-state index contributed by atoms with van der Waals surface area (Å²) in [6, 6.07) is 21.6. The molecule has 0 saturated carbocycles. The van der Waals surface area contributed by atoms with Gasteiger partial charge in [-0.1, -0.05) is 23.4 Å². The quantitative estimate of drug-likeness (QED) is 0.441. The van der Waals surface area contributed by atoms with E-state index in [4.69, 9.17) is 18.7 Å². The van der Waals surface area contributed by atoms with Crippen LogP contribution in [0.3, 0.4) is 0 Å². The number of hydrogen-bond donors (Lipinski definition) is 1. The van der Waals surface area contributed by atoms with Crippen LogP contribution in [0.15, 0.2) is 77.3 Å². The highest BCUT2D eigenvalue weighted by molar-refractivity contribution is 5.91. The maximum atomic E-state index is 12.2. The predicted octanol–water partition coefficient (Wildman–Crippen LogP) is 4.44. The fraction of sp³-hybridized carbons (Fsp3) is 0.125. The molecular weight excluding hydrogens is 410 g/mol. The molecule has 8 heteroatoms. The van der Waals surface area contributed by atoms with Crippen LogP contribution in [0.1, 0.15) is 0 Å². The van der Waals surface area contributed by atoms with Gasteiger partial charge in [-0.2, -0.15) is 4.98 Å². The summed E-state index contributed by atoms with van der Waals surface area (Å²) in [5.41, 5.74) is 2.12. The Morgan fingerprint density at radius 1 is 0.875 bits per heavy atom. The number of anilines is 1. The zero-order valence-electron chi connectivity index (χ0n) is 17.6. The minimum atomic E-state index is -0.277. The number of hydrogen-bond acceptors (Lipinski definition) is 7. The molecule has 162 valence electrons. The van der Waals surface area contributed by atoms with Gasteiger partial charge in [0.05, 0.1) is 14.2 Å². The van der Waals surface area contributed by atoms with E-state index < -0.39 is 0 Å². The third-order valence-electron chi connectivity index (χ3n) is 4.58. The number of methoxy groups -OCH3 is 2. The van der Waals surface area contributed by atoms with Gasteiger partial charge in [0.1, 0.15) is 17.2 Å². The Morgan fingerprint density at radius 3 is 2.31 bits per heavy atom. The van der Waals surface area contributed by atoms with Crippen LogP contribution >= 0.6 is 0 Å². The molecule has 0 atom stereocenters. The maximum Gasteiger partial charge on any atom is 0.262 e. The summed E-state index contributed by atoms with van der Waals surface area (Å²) in [4.78, 5) is 16.6. The number of benzene rings is 3. The third-order valence-corrected chi connectivity index (χ3v) is 4.58. The van der Waals surface area contributed by atoms with Crippen molar-refractivity contribution in [2.24, 2.45) is 0 Å². The number of carbonyl (C=O) groups is 1. The van der Waals surface area contributed by atoms with Gasteiger partial charge in [0.15, 0.2) is 6.61 Å². The Balaban J connectivity index is 1.40. The standard InChI is InChI=1S/C24H21N3O5/c1-29-19-11-9-18(10-12-19)25-22(28)15-31-21-8-3-5-16(13-21)23-26-24(32-27-23)17-6-4-7-20(14-17)30-2/h3-14H,15H2,1-2H3,(H,25,28). The van der Waals surface area contributed by atoms with Crippen molar-refractivity contribution in [2.75, 3.05) is 26.1 Å². The van der Waals surface area contributed by atoms with Crippen LogP contribution < -0.4 is 19.5 Å². The van der Waals surface area contributed by atoms with Crippen molar-refractivity contribution in [2.45, 2.75) is 0 Å². The number of amides is 1. The van der Waals surface area contributed by atoms with Gasteiger partial charge in [-0.25, -0.2) is 0 Å². The van der Waals surface area contributed by atoms with E-state index in [2.05, 4.69) is 15.5 Å². The van der Waals surface area contributed by atoms with Crippen molar-refractivity contribution in [3.8, 4) is 40.1 Å². The first-order chi connectivity index (χ1) is 15.6. The zero-order valence-corrected chi connectivity index (χ0v) is 17.6. The molecule has 0 unspecified atom stereocenters. The van der Waals surface area contributed by atoms with Crippen LogP contribution in [0.25, 0.3) is 22.8 Å². The molecule has 8 nitrogen and oxygen atoms in total. The van der Waals surface area contributed by atoms with E-state index >= 15 is 0 Å². The highest BCUT2D eigenvalue weighted by Crippen LogP contribution is 2.26. The lowest BCUT2D eigenvalue weighted by Gasteiger charge is -2.08. The van der Waals surface area contributed by atoms with E-state index in [1.165, 1.54) is 0 Å². The first-order valence-corrected chi connectivity index (χ1v) is 9.80. The van der Waals surface area contributed by atoms with Gasteiger partial charge in [0, 0.05) is 16.8 Å². The van der Waals surface area contributed by atoms with Crippen LogP contribution in [0.4, 0.5) is 5.69 Å². The fourth-order valence-electron chi connectivity index (χ4n) is 2.96. The number of carbonyl (C=O) groups excluding carboxylic acids is 1. The molecule has 1 N–H and O–H groups in total. The molecule has 3 aromatic carbocycles. The Kier molecular flexibility index (Phi) is 6.31. The fourth-order valence-corrected chi connectivity index (χ4v) is 2.96. The summed E-state index contributed by atoms with van der Waals surface area (Å²) < 4.78 is 21.4. The second kappa shape index (κ2) is 9.65. The molecule has 1 amide bonds. The van der Waals surface area contributed by atoms with E-state index in [-0.39, 0.29) is 12.5 Å². The van der Waals surface area contributed by atoms with Crippen LogP contribution in [0.2, 0.25) is 0 Å². The maximum absolute atomic E-state index is 12.2. The molecule has 0 aliphatic carbocycles. The first-order valence-electron chi connectivity index (χ1n) is 9.80. The van der Waals surface area contributed by atoms with Gasteiger partial charge in [0.2, 0.25) is 5.82 Å². The number of nitrogens with zero attached hydrogens (tertiary/aromatic N) is 2. The lowest BCUT2D eigenvalue weighted by atomic mass is 10.2. The zero-order chi connectivity index (χ0) is 22.3. The molecule has 0 saturated heterocycles. The average Bonchev–Trinajstić information content (AvgIpc) is 3.34. The van der Waals surface area contributed by atoms with Crippen molar-refractivity contribution in [1.82, 2.24) is 10.1 Å². The number of ether oxygens (including phenoxy) is 3. The second-order valence-corrected chi connectivity index (χ2v) is 6.75. The molecule has 0 fully saturated rings. The molecule has 4 rings (SSSR count). The van der Waals surface area contributed by atoms with Crippen molar-refractivity contribution in [1.29, 1.82) is 0 Å². The molecule has 0 aliphatic rings. The van der Waals surface area contributed by atoms with Gasteiger partial charge in [-0.05, 0) is 54.6 Å². The Hall–Kier alpha value is -4.33. The minimum absolute atomic E-state index is 0.142. The third kappa shape index (κ3) is 5.04. The topological polar surface area (TPSA) is 95.7 Å². The van der Waals surface area contributed by atoms with Gasteiger partial charge >= 0.3 is 0 Å². The molecule has 0 aliphatic heterocycles. The normalized spacial score (nSPS) is 10.4. The van der Waals surface area contributed by atoms with Gasteiger partial charge in [0.25, 0.3) is 11.8 Å². The summed E-state index contributed by atoms with van der Waals surface area (Å²) in [5.74, 6) is 2.44. The summed E-state index contributed by atoms with van der Waals surface area (Å²) >= 11 is 0. The molecular formula is C24H21N3O5. The van der Waals surface area contributed by atoms with Crippen LogP contribution in [-0.4, -0.2) is 36.9 Å². The van der Waals surface area contributed by atoms with Gasteiger partial charge in [-0.15, -0.1) is 0 Å². The van der Waals surface area contributed by atoms with E-state index in [0.29, 0.717) is 40.2 Å². The van der Waals surface area contributed by atoms with Crippen molar-refractivity contribution < 1.29 is 23.5 Å². The Labute approximate surface area is 184 Å². The summed E-state index contributed by atoms with van der Waals surface area (Å²) in [7, 11) is 3.19. The van der Waals surface area contributed by atoms with Crippen LogP contribution in [0, 0.1) is 0 Å². The predicted molar refractivity (Wildman–Crippen MR) is 119 cm³/mol. The highest BCUT2D eigenvalue weighted by Gasteiger charge is 2.12. The molecule has 0 radical (unpaired) electrons. The van der Waals surface area contributed by atoms with Crippen molar-refractivity contribution >= 4 is 11.6 Å². The number of rotatable bonds is 8. The van der Waals surface area contributed by atoms with E-state index in [9.17, 15) is 4.79 Å². The smallest absolute Gasteiger partial charge is 0.262 e. The number of nitrogens with one attached hydrogen (secondary N) is 1. The minimum Gasteiger partial charge on any atom is -0.497 e. The lowest BCUT2D eigenvalue weighted by molar-refractivity contribution is -0.118. The summed E-state index contributed by atoms with van der Waals surface area (Å²) in [6.07, 6.45) is 0. The Morgan fingerprint density at radius 2 is 1.56 bits per heavy atom. The largest absolute Gasteiger partial charge is 0.497 e. The SMILES string of the molecule is COc1ccc(NC(=O)COc2cccc(-c3noc(-c4cccc(OC)c4)n3)c2)cc1. The summed E-state index contributed by atoms with van der Waals surface area (Å²) in [5, 5.41) is 6.82. The van der Waals surface area contributed by atoms with Gasteiger partial charge < -0.3 is 24.1 Å². The first kappa shape index (κ1) is 20.9. The van der Waals surface area contributed by atoms with Crippen molar-refractivity contribution in [3.05, 3.63) is 72.8 Å². The lowest BCUT2D eigenvalue weighted by Crippen LogP contribution is -2.20. The monoisotopic (exact) mass is 431 g/mol. The van der Waals surface area contributed by atoms with Crippen molar-refractivity contribution in [3.63, 3.8) is 0 Å². The Bertz CT molecular complexity index is 1200. The molecule has 0 bridgehead atoms. The second-order valence-electron chi connectivity index (χ2n) is 6.75. The van der Waals surface area contributed by atoms with E-state index in [0.717, 1.165) is 5.56 Å². The summed E-state index contributed by atoms with van der Waals surface area (Å²) in [6.45, 7) is -0.142. The molecule has 0 spiro atoms. The highest BCUT2D eigenvalue weighted by atomic mass is 16.5. The molecule has 1 heterocycles. The van der Waals surface area contributed by atoms with Crippen LogP contribution in [-0.2, 0) is 4.79 Å². The van der Waals surface area contributed by atoms with E-state index in [1.807, 2.05) is 30.3 Å². The molecule has 1 aromatic heterocycles. The average molecular weight is 431 g/mol.